The number of ether oxygens (including phenoxy) is 1. The molecule has 3 heterocycles. The average molecular weight is 389 g/mol. The second-order valence-electron chi connectivity index (χ2n) is 7.31. The summed E-state index contributed by atoms with van der Waals surface area (Å²) in [6.07, 6.45) is 0.515. The molecule has 0 unspecified atom stereocenters. The average Bonchev–Trinajstić information content (AvgIpc) is 3.22. The molecule has 0 radical (unpaired) electrons. The summed E-state index contributed by atoms with van der Waals surface area (Å²) in [4.78, 5) is 16.7. The van der Waals surface area contributed by atoms with Gasteiger partial charge in [0.15, 0.2) is 0 Å². The van der Waals surface area contributed by atoms with Gasteiger partial charge in [-0.2, -0.15) is 0 Å². The number of aromatic nitrogens is 3. The molecule has 4 aromatic rings. The Morgan fingerprint density at radius 1 is 1.14 bits per heavy atom. The van der Waals surface area contributed by atoms with Gasteiger partial charge in [0.2, 0.25) is 5.88 Å². The minimum Gasteiger partial charge on any atom is -0.494 e. The van der Waals surface area contributed by atoms with Crippen molar-refractivity contribution >= 4 is 10.9 Å². The molecule has 0 fully saturated rings. The van der Waals surface area contributed by atoms with Crippen molar-refractivity contribution in [2.45, 2.75) is 32.9 Å². The molecule has 1 aliphatic heterocycles. The maximum atomic E-state index is 13.2. The van der Waals surface area contributed by atoms with Crippen LogP contribution in [-0.4, -0.2) is 25.8 Å². The van der Waals surface area contributed by atoms with E-state index in [1.165, 1.54) is 4.57 Å². The predicted molar refractivity (Wildman–Crippen MR) is 112 cm³/mol. The van der Waals surface area contributed by atoms with E-state index < -0.39 is 0 Å². The molecule has 2 aromatic heterocycles. The molecule has 1 aliphatic rings. The molecule has 0 saturated heterocycles. The van der Waals surface area contributed by atoms with Crippen molar-refractivity contribution < 1.29 is 9.84 Å². The van der Waals surface area contributed by atoms with Crippen LogP contribution >= 0.6 is 0 Å². The van der Waals surface area contributed by atoms with E-state index in [-0.39, 0.29) is 17.6 Å². The van der Waals surface area contributed by atoms with Crippen molar-refractivity contribution in [3.05, 3.63) is 81.5 Å². The number of hydrogen-bond acceptors (Lipinski definition) is 3. The number of para-hydroxylation sites is 1. The van der Waals surface area contributed by atoms with Gasteiger partial charge in [0.1, 0.15) is 11.8 Å². The standard InChI is InChI=1S/C23H23N3O3/c1-3-25-22(27)19-13-17-16-7-5-6-8-18(16)24-20(17)21(26(19)23(25)28)14-9-11-15(12-10-14)29-4-2/h5-12,21,24,27H,3-4,13H2,1-2H3/t21-/m0/s1. The molecule has 0 spiro atoms. The van der Waals surface area contributed by atoms with Crippen LogP contribution in [0, 0.1) is 0 Å². The summed E-state index contributed by atoms with van der Waals surface area (Å²) in [5.74, 6) is 0.856. The van der Waals surface area contributed by atoms with Gasteiger partial charge < -0.3 is 14.8 Å². The van der Waals surface area contributed by atoms with Crippen LogP contribution in [0.2, 0.25) is 0 Å². The zero-order valence-electron chi connectivity index (χ0n) is 16.5. The summed E-state index contributed by atoms with van der Waals surface area (Å²) in [5.41, 5.74) is 4.60. The first kappa shape index (κ1) is 17.7. The normalized spacial score (nSPS) is 15.3. The molecule has 0 bridgehead atoms. The lowest BCUT2D eigenvalue weighted by atomic mass is 9.93. The Labute approximate surface area is 168 Å². The molecule has 0 amide bonds. The van der Waals surface area contributed by atoms with Gasteiger partial charge >= 0.3 is 5.69 Å². The molecule has 29 heavy (non-hydrogen) atoms. The molecule has 5 rings (SSSR count). The number of fused-ring (bicyclic) bond motifs is 4. The highest BCUT2D eigenvalue weighted by molar-refractivity contribution is 5.86. The number of nitrogens with zero attached hydrogens (tertiary/aromatic N) is 2. The van der Waals surface area contributed by atoms with Crippen molar-refractivity contribution in [3.63, 3.8) is 0 Å². The number of aromatic hydroxyl groups is 1. The minimum atomic E-state index is -0.331. The summed E-state index contributed by atoms with van der Waals surface area (Å²) < 4.78 is 8.74. The van der Waals surface area contributed by atoms with E-state index in [0.717, 1.165) is 33.5 Å². The van der Waals surface area contributed by atoms with Crippen molar-refractivity contribution in [2.75, 3.05) is 6.61 Å². The van der Waals surface area contributed by atoms with Gasteiger partial charge in [-0.3, -0.25) is 9.13 Å². The van der Waals surface area contributed by atoms with Crippen LogP contribution in [0.15, 0.2) is 53.3 Å². The summed E-state index contributed by atoms with van der Waals surface area (Å²) >= 11 is 0. The van der Waals surface area contributed by atoms with Crippen molar-refractivity contribution in [2.24, 2.45) is 0 Å². The van der Waals surface area contributed by atoms with Crippen LogP contribution in [-0.2, 0) is 13.0 Å². The Balaban J connectivity index is 1.78. The number of rotatable bonds is 4. The monoisotopic (exact) mass is 389 g/mol. The Hall–Kier alpha value is -3.41. The fourth-order valence-electron chi connectivity index (χ4n) is 4.49. The third-order valence-corrected chi connectivity index (χ3v) is 5.79. The van der Waals surface area contributed by atoms with Crippen LogP contribution in [0.25, 0.3) is 10.9 Å². The molecule has 6 nitrogen and oxygen atoms in total. The molecular formula is C23H23N3O3. The molecule has 2 aromatic carbocycles. The summed E-state index contributed by atoms with van der Waals surface area (Å²) in [5, 5.41) is 11.9. The van der Waals surface area contributed by atoms with Gasteiger partial charge in [0, 0.05) is 29.6 Å². The van der Waals surface area contributed by atoms with Crippen LogP contribution in [0.1, 0.15) is 42.4 Å². The Kier molecular flexibility index (Phi) is 4.01. The van der Waals surface area contributed by atoms with E-state index in [1.54, 1.807) is 4.57 Å². The van der Waals surface area contributed by atoms with Gasteiger partial charge in [-0.05, 0) is 43.2 Å². The first-order valence-electron chi connectivity index (χ1n) is 9.99. The minimum absolute atomic E-state index is 0.0596. The fraction of sp³-hybridized carbons (Fsp3) is 0.261. The van der Waals surface area contributed by atoms with Gasteiger partial charge in [-0.15, -0.1) is 0 Å². The molecule has 148 valence electrons. The van der Waals surface area contributed by atoms with Crippen LogP contribution in [0.3, 0.4) is 0 Å². The highest BCUT2D eigenvalue weighted by Crippen LogP contribution is 2.41. The van der Waals surface area contributed by atoms with E-state index in [0.29, 0.717) is 25.3 Å². The third kappa shape index (κ3) is 2.52. The van der Waals surface area contributed by atoms with E-state index >= 15 is 0 Å². The van der Waals surface area contributed by atoms with Crippen molar-refractivity contribution in [1.82, 2.24) is 14.1 Å². The number of imidazole rings is 1. The molecule has 2 N–H and O–H groups in total. The van der Waals surface area contributed by atoms with Crippen molar-refractivity contribution in [1.29, 1.82) is 0 Å². The first-order valence-corrected chi connectivity index (χ1v) is 9.99. The summed E-state index contributed by atoms with van der Waals surface area (Å²) in [6, 6.07) is 15.7. The number of aromatic amines is 1. The maximum Gasteiger partial charge on any atom is 0.332 e. The fourth-order valence-corrected chi connectivity index (χ4v) is 4.49. The smallest absolute Gasteiger partial charge is 0.332 e. The lowest BCUT2D eigenvalue weighted by molar-refractivity contribution is 0.340. The van der Waals surface area contributed by atoms with Gasteiger partial charge in [-0.25, -0.2) is 4.79 Å². The lowest BCUT2D eigenvalue weighted by Gasteiger charge is -2.26. The quantitative estimate of drug-likeness (QED) is 0.491. The Bertz CT molecular complexity index is 1260. The largest absolute Gasteiger partial charge is 0.494 e. The summed E-state index contributed by atoms with van der Waals surface area (Å²) in [7, 11) is 0. The highest BCUT2D eigenvalue weighted by Gasteiger charge is 2.35. The van der Waals surface area contributed by atoms with Crippen LogP contribution in [0.4, 0.5) is 0 Å². The molecule has 1 atom stereocenters. The topological polar surface area (TPSA) is 72.2 Å². The van der Waals surface area contributed by atoms with Crippen molar-refractivity contribution in [3.8, 4) is 11.6 Å². The summed E-state index contributed by atoms with van der Waals surface area (Å²) in [6.45, 7) is 4.85. The van der Waals surface area contributed by atoms with E-state index in [4.69, 9.17) is 4.74 Å². The Morgan fingerprint density at radius 3 is 2.62 bits per heavy atom. The van der Waals surface area contributed by atoms with Crippen LogP contribution < -0.4 is 10.4 Å². The zero-order chi connectivity index (χ0) is 20.1. The van der Waals surface area contributed by atoms with Gasteiger partial charge in [0.25, 0.3) is 0 Å². The highest BCUT2D eigenvalue weighted by atomic mass is 16.5. The second-order valence-corrected chi connectivity index (χ2v) is 7.31. The van der Waals surface area contributed by atoms with Crippen LogP contribution in [0.5, 0.6) is 11.6 Å². The van der Waals surface area contributed by atoms with E-state index in [1.807, 2.05) is 56.3 Å². The molecule has 0 aliphatic carbocycles. The predicted octanol–water partition coefficient (Wildman–Crippen LogP) is 3.80. The lowest BCUT2D eigenvalue weighted by Crippen LogP contribution is -2.32. The van der Waals surface area contributed by atoms with E-state index in [2.05, 4.69) is 11.1 Å². The number of H-pyrrole nitrogens is 1. The number of benzene rings is 2. The maximum absolute atomic E-state index is 13.2. The molecule has 6 heteroatoms. The third-order valence-electron chi connectivity index (χ3n) is 5.79. The second kappa shape index (κ2) is 6.58. The Morgan fingerprint density at radius 2 is 1.90 bits per heavy atom. The number of hydrogen-bond donors (Lipinski definition) is 2. The zero-order valence-corrected chi connectivity index (χ0v) is 16.5. The van der Waals surface area contributed by atoms with Gasteiger partial charge in [-0.1, -0.05) is 30.3 Å². The first-order chi connectivity index (χ1) is 14.1. The van der Waals surface area contributed by atoms with Gasteiger partial charge in [0.05, 0.1) is 12.3 Å². The van der Waals surface area contributed by atoms with E-state index in [9.17, 15) is 9.90 Å². The SMILES string of the molecule is CCOc1ccc([C@H]2c3[nH]c4ccccc4c3Cc3c(O)n(CC)c(=O)n32)cc1. The molecular weight excluding hydrogens is 366 g/mol. The number of nitrogens with one attached hydrogen (secondary N) is 1. The molecule has 0 saturated carbocycles.